The van der Waals surface area contributed by atoms with Gasteiger partial charge in [0, 0.05) is 12.6 Å². The van der Waals surface area contributed by atoms with Crippen LogP contribution in [0.1, 0.15) is 70.9 Å². The Balaban J connectivity index is 1.46. The molecule has 0 spiro atoms. The van der Waals surface area contributed by atoms with Crippen molar-refractivity contribution in [2.24, 2.45) is 28.6 Å². The first-order valence-corrected chi connectivity index (χ1v) is 10.9. The van der Waals surface area contributed by atoms with Crippen LogP contribution in [0.5, 0.6) is 0 Å². The van der Waals surface area contributed by atoms with Crippen molar-refractivity contribution in [2.75, 3.05) is 0 Å². The molecule has 0 radical (unpaired) electrons. The second kappa shape index (κ2) is 6.15. The van der Waals surface area contributed by atoms with E-state index in [0.717, 1.165) is 42.7 Å². The average Bonchev–Trinajstić information content (AvgIpc) is 3.00. The lowest BCUT2D eigenvalue weighted by molar-refractivity contribution is -0.117. The Morgan fingerprint density at radius 3 is 2.67 bits per heavy atom. The summed E-state index contributed by atoms with van der Waals surface area (Å²) in [5.41, 5.74) is 4.86. The summed E-state index contributed by atoms with van der Waals surface area (Å²) in [6.07, 6.45) is 15.8. The van der Waals surface area contributed by atoms with Crippen LogP contribution in [0.3, 0.4) is 0 Å². The van der Waals surface area contributed by atoms with E-state index in [2.05, 4.69) is 37.0 Å². The number of hydrogen-bond donors (Lipinski definition) is 0. The van der Waals surface area contributed by atoms with E-state index in [0.29, 0.717) is 11.2 Å². The maximum Gasteiger partial charge on any atom is 0.155 e. The highest BCUT2D eigenvalue weighted by atomic mass is 16.1. The Morgan fingerprint density at radius 2 is 1.85 bits per heavy atom. The van der Waals surface area contributed by atoms with Gasteiger partial charge in [0.25, 0.3) is 0 Å². The highest BCUT2D eigenvalue weighted by Crippen LogP contribution is 2.66. The summed E-state index contributed by atoms with van der Waals surface area (Å²) in [5, 5.41) is 0. The van der Waals surface area contributed by atoms with Crippen molar-refractivity contribution in [3.05, 3.63) is 47.3 Å². The number of carbonyl (C=O) groups excluding carboxylic acids is 1. The largest absolute Gasteiger partial charge is 0.295 e. The molecule has 2 nitrogen and oxygen atoms in total. The molecule has 0 aromatic carbocycles. The summed E-state index contributed by atoms with van der Waals surface area (Å²) < 4.78 is 0. The molecule has 27 heavy (non-hydrogen) atoms. The van der Waals surface area contributed by atoms with Crippen LogP contribution in [-0.4, -0.2) is 10.8 Å². The summed E-state index contributed by atoms with van der Waals surface area (Å²) in [6, 6.07) is 6.22. The Kier molecular flexibility index (Phi) is 3.97. The molecule has 5 atom stereocenters. The molecule has 2 heteroatoms. The zero-order valence-electron chi connectivity index (χ0n) is 16.7. The predicted molar refractivity (Wildman–Crippen MR) is 109 cm³/mol. The second-order valence-corrected chi connectivity index (χ2v) is 9.89. The fourth-order valence-corrected chi connectivity index (χ4v) is 7.28. The lowest BCUT2D eigenvalue weighted by atomic mass is 9.47. The molecule has 5 rings (SSSR count). The zero-order chi connectivity index (χ0) is 18.6. The highest BCUT2D eigenvalue weighted by Gasteiger charge is 2.57. The molecule has 3 saturated carbocycles. The first-order valence-electron chi connectivity index (χ1n) is 10.9. The Hall–Kier alpha value is -1.70. The van der Waals surface area contributed by atoms with Crippen LogP contribution < -0.4 is 0 Å². The van der Waals surface area contributed by atoms with E-state index in [1.807, 2.05) is 18.3 Å². The minimum absolute atomic E-state index is 0.283. The van der Waals surface area contributed by atoms with Crippen LogP contribution >= 0.6 is 0 Å². The third-order valence-electron chi connectivity index (χ3n) is 8.82. The molecule has 1 aromatic heterocycles. The Bertz CT molecular complexity index is 822. The zero-order valence-corrected chi connectivity index (χ0v) is 16.7. The normalized spacial score (nSPS) is 42.3. The van der Waals surface area contributed by atoms with Gasteiger partial charge in [0.1, 0.15) is 0 Å². The fourth-order valence-electron chi connectivity index (χ4n) is 7.28. The van der Waals surface area contributed by atoms with E-state index < -0.39 is 0 Å². The number of aromatic nitrogens is 1. The molecule has 1 heterocycles. The Labute approximate surface area is 163 Å². The minimum Gasteiger partial charge on any atom is -0.295 e. The minimum atomic E-state index is 0.283. The topological polar surface area (TPSA) is 30.0 Å². The summed E-state index contributed by atoms with van der Waals surface area (Å²) in [7, 11) is 0. The highest BCUT2D eigenvalue weighted by molar-refractivity contribution is 5.91. The molecule has 3 unspecified atom stereocenters. The van der Waals surface area contributed by atoms with Gasteiger partial charge < -0.3 is 0 Å². The number of pyridine rings is 1. The van der Waals surface area contributed by atoms with Crippen molar-refractivity contribution < 1.29 is 4.79 Å². The lowest BCUT2D eigenvalue weighted by Crippen LogP contribution is -2.49. The molecule has 0 aliphatic heterocycles. The number of fused-ring (bicyclic) bond motifs is 5. The molecule has 0 saturated heterocycles. The monoisotopic (exact) mass is 361 g/mol. The van der Waals surface area contributed by atoms with E-state index in [-0.39, 0.29) is 5.41 Å². The number of hydrogen-bond acceptors (Lipinski definition) is 2. The van der Waals surface area contributed by atoms with Gasteiger partial charge in [-0.25, -0.2) is 0 Å². The molecular formula is C25H31NO. The smallest absolute Gasteiger partial charge is 0.155 e. The van der Waals surface area contributed by atoms with Crippen LogP contribution in [0.15, 0.2) is 41.6 Å². The van der Waals surface area contributed by atoms with Gasteiger partial charge in [-0.3, -0.25) is 9.78 Å². The molecule has 0 amide bonds. The van der Waals surface area contributed by atoms with Crippen molar-refractivity contribution in [3.63, 3.8) is 0 Å². The summed E-state index contributed by atoms with van der Waals surface area (Å²) in [5.74, 6) is 2.77. The number of allylic oxidation sites excluding steroid dienone is 2. The Morgan fingerprint density at radius 1 is 1.00 bits per heavy atom. The molecule has 0 bridgehead atoms. The molecule has 3 fully saturated rings. The summed E-state index contributed by atoms with van der Waals surface area (Å²) >= 11 is 0. The molecule has 1 aromatic rings. The van der Waals surface area contributed by atoms with Crippen molar-refractivity contribution in [1.82, 2.24) is 4.98 Å². The van der Waals surface area contributed by atoms with Crippen LogP contribution in [-0.2, 0) is 4.79 Å². The van der Waals surface area contributed by atoms with Gasteiger partial charge in [-0.2, -0.15) is 0 Å². The van der Waals surface area contributed by atoms with Crippen LogP contribution in [0.25, 0.3) is 6.08 Å². The van der Waals surface area contributed by atoms with E-state index in [1.54, 1.807) is 5.57 Å². The van der Waals surface area contributed by atoms with E-state index >= 15 is 0 Å². The predicted octanol–water partition coefficient (Wildman–Crippen LogP) is 6.00. The first kappa shape index (κ1) is 17.4. The molecule has 4 aliphatic rings. The SMILES string of the molecule is C[C@]12CCC(=O)C=C1CCC1C2CC[C@]2(C)/C(=C/c3ccccn3)CCC12. The number of ketones is 1. The molecule has 142 valence electrons. The van der Waals surface area contributed by atoms with Gasteiger partial charge in [0.05, 0.1) is 5.69 Å². The number of rotatable bonds is 1. The van der Waals surface area contributed by atoms with E-state index in [9.17, 15) is 4.79 Å². The standard InChI is InChI=1S/C25H31NO/c1-24-12-10-20(27)16-18(24)6-8-21-22-9-7-17(15-19-5-3-4-14-26-19)25(22,2)13-11-23(21)24/h3-5,14-16,21-23H,6-13H2,1-2H3/b17-15+/t21?,22?,23?,24-,25+/m0/s1. The fraction of sp³-hybridized carbons (Fsp3) is 0.600. The lowest BCUT2D eigenvalue weighted by Gasteiger charge is -2.57. The summed E-state index contributed by atoms with van der Waals surface area (Å²) in [6.45, 7) is 5.01. The van der Waals surface area contributed by atoms with Gasteiger partial charge in [0.2, 0.25) is 0 Å². The third kappa shape index (κ3) is 2.59. The van der Waals surface area contributed by atoms with Gasteiger partial charge in [0.15, 0.2) is 5.78 Å². The third-order valence-corrected chi connectivity index (χ3v) is 8.82. The van der Waals surface area contributed by atoms with Crippen LogP contribution in [0.2, 0.25) is 0 Å². The second-order valence-electron chi connectivity index (χ2n) is 9.89. The maximum absolute atomic E-state index is 12.0. The van der Waals surface area contributed by atoms with E-state index in [4.69, 9.17) is 0 Å². The number of nitrogens with zero attached hydrogens (tertiary/aromatic N) is 1. The van der Waals surface area contributed by atoms with Gasteiger partial charge >= 0.3 is 0 Å². The van der Waals surface area contributed by atoms with Gasteiger partial charge in [-0.05, 0) is 97.8 Å². The quantitative estimate of drug-likeness (QED) is 0.614. The molecular weight excluding hydrogens is 330 g/mol. The van der Waals surface area contributed by atoms with Gasteiger partial charge in [-0.1, -0.05) is 31.1 Å². The number of carbonyl (C=O) groups is 1. The molecule has 0 N–H and O–H groups in total. The molecule has 4 aliphatic carbocycles. The van der Waals surface area contributed by atoms with Crippen LogP contribution in [0.4, 0.5) is 0 Å². The van der Waals surface area contributed by atoms with Crippen molar-refractivity contribution in [3.8, 4) is 0 Å². The van der Waals surface area contributed by atoms with E-state index in [1.165, 1.54) is 37.7 Å². The average molecular weight is 362 g/mol. The van der Waals surface area contributed by atoms with Crippen molar-refractivity contribution in [2.45, 2.75) is 65.2 Å². The van der Waals surface area contributed by atoms with Gasteiger partial charge in [-0.15, -0.1) is 0 Å². The first-order chi connectivity index (χ1) is 13.0. The van der Waals surface area contributed by atoms with Crippen molar-refractivity contribution in [1.29, 1.82) is 0 Å². The van der Waals surface area contributed by atoms with Crippen LogP contribution in [0, 0.1) is 28.6 Å². The maximum atomic E-state index is 12.0. The van der Waals surface area contributed by atoms with Crippen molar-refractivity contribution >= 4 is 11.9 Å². The summed E-state index contributed by atoms with van der Waals surface area (Å²) in [4.78, 5) is 16.5.